The van der Waals surface area contributed by atoms with Crippen molar-refractivity contribution < 1.29 is 23.7 Å². The van der Waals surface area contributed by atoms with Gasteiger partial charge in [0.2, 0.25) is 0 Å². The Morgan fingerprint density at radius 2 is 1.72 bits per heavy atom. The van der Waals surface area contributed by atoms with Crippen LogP contribution in [-0.2, 0) is 22.6 Å². The molecule has 164 valence electrons. The summed E-state index contributed by atoms with van der Waals surface area (Å²) in [6.07, 6.45) is 5.54. The number of aromatic amines is 1. The number of carbonyl (C=O) groups excluding carboxylic acids is 1. The largest absolute Gasteiger partial charge is 0.490 e. The molecule has 2 aromatic heterocycles. The van der Waals surface area contributed by atoms with E-state index in [9.17, 15) is 4.79 Å². The molecule has 0 saturated carbocycles. The van der Waals surface area contributed by atoms with E-state index in [0.29, 0.717) is 31.3 Å². The van der Waals surface area contributed by atoms with E-state index in [1.54, 1.807) is 12.4 Å². The predicted molar refractivity (Wildman–Crippen MR) is 120 cm³/mol. The Morgan fingerprint density at radius 3 is 2.47 bits per heavy atom. The molecule has 0 aliphatic carbocycles. The molecule has 0 aliphatic rings. The summed E-state index contributed by atoms with van der Waals surface area (Å²) < 4.78 is 22.2. The summed E-state index contributed by atoms with van der Waals surface area (Å²) in [7, 11) is 1.38. The molecule has 0 atom stereocenters. The molecular weight excluding hydrogens is 408 g/mol. The number of fused-ring (bicyclic) bond motifs is 1. The van der Waals surface area contributed by atoms with Gasteiger partial charge in [-0.05, 0) is 42.0 Å². The number of benzene rings is 2. The Morgan fingerprint density at radius 1 is 0.938 bits per heavy atom. The van der Waals surface area contributed by atoms with E-state index in [1.165, 1.54) is 7.11 Å². The molecule has 2 aromatic carbocycles. The third-order valence-electron chi connectivity index (χ3n) is 4.86. The van der Waals surface area contributed by atoms with Gasteiger partial charge in [-0.15, -0.1) is 0 Å². The summed E-state index contributed by atoms with van der Waals surface area (Å²) in [6.45, 7) is 1.20. The standard InChI is InChI=1S/C25H24N2O5/c1-29-25(28)12-19-16-27-24-8-7-22(14-23(19)24)31-11-10-30-20-5-2-6-21(13-20)32-17-18-4-3-9-26-15-18/h2-9,13-16,27H,10-12,17H2,1H3. The van der Waals surface area contributed by atoms with Crippen molar-refractivity contribution in [3.63, 3.8) is 0 Å². The zero-order valence-corrected chi connectivity index (χ0v) is 17.7. The molecule has 0 fully saturated rings. The van der Waals surface area contributed by atoms with Crippen LogP contribution in [0.5, 0.6) is 17.2 Å². The van der Waals surface area contributed by atoms with Crippen LogP contribution in [0.15, 0.2) is 73.2 Å². The number of hydrogen-bond acceptors (Lipinski definition) is 6. The van der Waals surface area contributed by atoms with E-state index >= 15 is 0 Å². The second-order valence-corrected chi connectivity index (χ2v) is 7.10. The fraction of sp³-hybridized carbons (Fsp3) is 0.200. The van der Waals surface area contributed by atoms with Gasteiger partial charge in [-0.25, -0.2) is 0 Å². The second-order valence-electron chi connectivity index (χ2n) is 7.10. The summed E-state index contributed by atoms with van der Waals surface area (Å²) in [5, 5.41) is 0.937. The zero-order chi connectivity index (χ0) is 22.2. The first-order chi connectivity index (χ1) is 15.7. The third-order valence-corrected chi connectivity index (χ3v) is 4.86. The summed E-state index contributed by atoms with van der Waals surface area (Å²) in [6, 6.07) is 17.1. The van der Waals surface area contributed by atoms with Crippen molar-refractivity contribution in [1.29, 1.82) is 0 Å². The SMILES string of the molecule is COC(=O)Cc1c[nH]c2ccc(OCCOc3cccc(OCc4cccnc4)c3)cc12. The Balaban J connectivity index is 1.28. The quantitative estimate of drug-likeness (QED) is 0.297. The Hall–Kier alpha value is -4.00. The van der Waals surface area contributed by atoms with Gasteiger partial charge in [-0.1, -0.05) is 12.1 Å². The molecular formula is C25H24N2O5. The molecule has 0 radical (unpaired) electrons. The van der Waals surface area contributed by atoms with Gasteiger partial charge < -0.3 is 23.9 Å². The lowest BCUT2D eigenvalue weighted by Gasteiger charge is -2.11. The van der Waals surface area contributed by atoms with Crippen LogP contribution in [0, 0.1) is 0 Å². The van der Waals surface area contributed by atoms with Crippen LogP contribution in [0.25, 0.3) is 10.9 Å². The molecule has 32 heavy (non-hydrogen) atoms. The lowest BCUT2D eigenvalue weighted by atomic mass is 10.1. The number of pyridine rings is 1. The van der Waals surface area contributed by atoms with Gasteiger partial charge >= 0.3 is 5.97 Å². The van der Waals surface area contributed by atoms with Crippen molar-refractivity contribution >= 4 is 16.9 Å². The maximum absolute atomic E-state index is 11.6. The van der Waals surface area contributed by atoms with E-state index in [1.807, 2.05) is 60.8 Å². The van der Waals surface area contributed by atoms with E-state index < -0.39 is 0 Å². The number of hydrogen-bond donors (Lipinski definition) is 1. The summed E-state index contributed by atoms with van der Waals surface area (Å²) in [5.41, 5.74) is 2.81. The Bertz CT molecular complexity index is 1170. The highest BCUT2D eigenvalue weighted by Crippen LogP contribution is 2.25. The van der Waals surface area contributed by atoms with Crippen molar-refractivity contribution in [2.45, 2.75) is 13.0 Å². The number of carbonyl (C=O) groups is 1. The lowest BCUT2D eigenvalue weighted by molar-refractivity contribution is -0.139. The van der Waals surface area contributed by atoms with Crippen molar-refractivity contribution in [3.05, 3.63) is 84.3 Å². The minimum atomic E-state index is -0.280. The summed E-state index contributed by atoms with van der Waals surface area (Å²) in [4.78, 5) is 18.8. The van der Waals surface area contributed by atoms with Gasteiger partial charge in [0.05, 0.1) is 13.5 Å². The molecule has 7 nitrogen and oxygen atoms in total. The van der Waals surface area contributed by atoms with Crippen LogP contribution in [0.1, 0.15) is 11.1 Å². The molecule has 0 amide bonds. The molecule has 0 saturated heterocycles. The molecule has 4 aromatic rings. The first-order valence-electron chi connectivity index (χ1n) is 10.3. The average molecular weight is 432 g/mol. The molecule has 0 bridgehead atoms. The molecule has 4 rings (SSSR count). The molecule has 2 heterocycles. The van der Waals surface area contributed by atoms with Crippen molar-refractivity contribution in [3.8, 4) is 17.2 Å². The molecule has 0 unspecified atom stereocenters. The van der Waals surface area contributed by atoms with E-state index in [-0.39, 0.29) is 12.4 Å². The third kappa shape index (κ3) is 5.57. The smallest absolute Gasteiger partial charge is 0.310 e. The van der Waals surface area contributed by atoms with E-state index in [0.717, 1.165) is 27.8 Å². The van der Waals surface area contributed by atoms with Crippen LogP contribution in [0.3, 0.4) is 0 Å². The van der Waals surface area contributed by atoms with Crippen molar-refractivity contribution in [1.82, 2.24) is 9.97 Å². The Labute approximate surface area is 185 Å². The molecule has 0 aliphatic heterocycles. The van der Waals surface area contributed by atoms with Crippen LogP contribution in [0.4, 0.5) is 0 Å². The fourth-order valence-electron chi connectivity index (χ4n) is 3.24. The van der Waals surface area contributed by atoms with Gasteiger partial charge in [0.25, 0.3) is 0 Å². The number of H-pyrrole nitrogens is 1. The number of rotatable bonds is 10. The Kier molecular flexibility index (Phi) is 6.87. The van der Waals surface area contributed by atoms with Crippen LogP contribution in [0.2, 0.25) is 0 Å². The number of methoxy groups -OCH3 is 1. The first-order valence-corrected chi connectivity index (χ1v) is 10.3. The molecule has 0 spiro atoms. The highest BCUT2D eigenvalue weighted by Gasteiger charge is 2.10. The van der Waals surface area contributed by atoms with Gasteiger partial charge in [-0.2, -0.15) is 0 Å². The number of ether oxygens (including phenoxy) is 4. The maximum atomic E-state index is 11.6. The van der Waals surface area contributed by atoms with Crippen molar-refractivity contribution in [2.24, 2.45) is 0 Å². The van der Waals surface area contributed by atoms with Crippen LogP contribution in [-0.4, -0.2) is 36.3 Å². The summed E-state index contributed by atoms with van der Waals surface area (Å²) >= 11 is 0. The van der Waals surface area contributed by atoms with Gasteiger partial charge in [0.15, 0.2) is 0 Å². The van der Waals surface area contributed by atoms with E-state index in [2.05, 4.69) is 9.97 Å². The molecule has 7 heteroatoms. The summed E-state index contributed by atoms with van der Waals surface area (Å²) in [5.74, 6) is 1.86. The van der Waals surface area contributed by atoms with Crippen LogP contribution >= 0.6 is 0 Å². The van der Waals surface area contributed by atoms with Crippen molar-refractivity contribution in [2.75, 3.05) is 20.3 Å². The second kappa shape index (κ2) is 10.3. The van der Waals surface area contributed by atoms with Gasteiger partial charge in [0.1, 0.15) is 37.1 Å². The first kappa shape index (κ1) is 21.2. The topological polar surface area (TPSA) is 82.7 Å². The number of esters is 1. The normalized spacial score (nSPS) is 10.7. The minimum Gasteiger partial charge on any atom is -0.490 e. The zero-order valence-electron chi connectivity index (χ0n) is 17.7. The van der Waals surface area contributed by atoms with E-state index in [4.69, 9.17) is 18.9 Å². The number of aromatic nitrogens is 2. The van der Waals surface area contributed by atoms with Crippen LogP contribution < -0.4 is 14.2 Å². The van der Waals surface area contributed by atoms with Gasteiger partial charge in [-0.3, -0.25) is 9.78 Å². The average Bonchev–Trinajstić information content (AvgIpc) is 3.23. The lowest BCUT2D eigenvalue weighted by Crippen LogP contribution is -2.09. The predicted octanol–water partition coefficient (Wildman–Crippen LogP) is 4.32. The highest BCUT2D eigenvalue weighted by atomic mass is 16.5. The minimum absolute atomic E-state index is 0.211. The fourth-order valence-corrected chi connectivity index (χ4v) is 3.24. The van der Waals surface area contributed by atoms with Gasteiger partial charge in [0, 0.05) is 41.1 Å². The number of nitrogens with zero attached hydrogens (tertiary/aromatic N) is 1. The monoisotopic (exact) mass is 432 g/mol. The number of nitrogens with one attached hydrogen (secondary N) is 1. The maximum Gasteiger partial charge on any atom is 0.310 e. The molecule has 1 N–H and O–H groups in total. The highest BCUT2D eigenvalue weighted by molar-refractivity contribution is 5.88.